The minimum atomic E-state index is -0.361. The van der Waals surface area contributed by atoms with Gasteiger partial charge in [0.1, 0.15) is 29.3 Å². The number of nitrogens with zero attached hydrogens (tertiary/aromatic N) is 3. The molecule has 0 aliphatic rings. The summed E-state index contributed by atoms with van der Waals surface area (Å²) in [5.41, 5.74) is 3.45. The van der Waals surface area contributed by atoms with Crippen molar-refractivity contribution in [2.75, 3.05) is 7.11 Å². The Bertz CT molecular complexity index is 1050. The van der Waals surface area contributed by atoms with Gasteiger partial charge in [-0.2, -0.15) is 0 Å². The molecular formula is C20H16FN3O2. The number of ether oxygens (including phenoxy) is 1. The van der Waals surface area contributed by atoms with Gasteiger partial charge in [-0.3, -0.25) is 0 Å². The lowest BCUT2D eigenvalue weighted by molar-refractivity contribution is 0.400. The predicted octanol–water partition coefficient (Wildman–Crippen LogP) is 4.65. The molecule has 6 heteroatoms. The first-order valence-corrected chi connectivity index (χ1v) is 8.07. The van der Waals surface area contributed by atoms with Gasteiger partial charge < -0.3 is 13.8 Å². The van der Waals surface area contributed by atoms with Gasteiger partial charge in [-0.25, -0.2) is 9.37 Å². The lowest BCUT2D eigenvalue weighted by atomic mass is 10.0. The molecule has 0 radical (unpaired) electrons. The maximum atomic E-state index is 14.2. The van der Waals surface area contributed by atoms with Gasteiger partial charge in [-0.15, -0.1) is 0 Å². The highest BCUT2D eigenvalue weighted by Gasteiger charge is 2.19. The van der Waals surface area contributed by atoms with Crippen LogP contribution in [0, 0.1) is 12.7 Å². The molecule has 0 aliphatic carbocycles. The van der Waals surface area contributed by atoms with Crippen molar-refractivity contribution in [3.05, 3.63) is 72.6 Å². The summed E-state index contributed by atoms with van der Waals surface area (Å²) < 4.78 is 26.4. The van der Waals surface area contributed by atoms with Gasteiger partial charge in [0, 0.05) is 17.8 Å². The van der Waals surface area contributed by atoms with E-state index in [0.717, 1.165) is 11.1 Å². The van der Waals surface area contributed by atoms with Gasteiger partial charge in [-0.05, 0) is 19.1 Å². The summed E-state index contributed by atoms with van der Waals surface area (Å²) in [6.07, 6.45) is 3.32. The average Bonchev–Trinajstić information content (AvgIpc) is 3.29. The van der Waals surface area contributed by atoms with Crippen LogP contribution in [-0.4, -0.2) is 21.8 Å². The minimum absolute atomic E-state index is 0.360. The molecule has 0 saturated carbocycles. The largest absolute Gasteiger partial charge is 0.497 e. The third-order valence-corrected chi connectivity index (χ3v) is 4.18. The smallest absolute Gasteiger partial charge is 0.147 e. The molecule has 5 nitrogen and oxygen atoms in total. The molecule has 2 aromatic carbocycles. The van der Waals surface area contributed by atoms with Crippen molar-refractivity contribution < 1.29 is 13.7 Å². The fourth-order valence-electron chi connectivity index (χ4n) is 2.87. The minimum Gasteiger partial charge on any atom is -0.497 e. The first kappa shape index (κ1) is 16.1. The van der Waals surface area contributed by atoms with Crippen LogP contribution in [0.4, 0.5) is 4.39 Å². The second-order valence-electron chi connectivity index (χ2n) is 5.81. The van der Waals surface area contributed by atoms with Gasteiger partial charge in [0.2, 0.25) is 0 Å². The summed E-state index contributed by atoms with van der Waals surface area (Å²) in [5.74, 6) is 0.864. The van der Waals surface area contributed by atoms with Crippen LogP contribution in [0.1, 0.15) is 5.76 Å². The van der Waals surface area contributed by atoms with Crippen LogP contribution >= 0.6 is 0 Å². The Morgan fingerprint density at radius 3 is 2.69 bits per heavy atom. The molecular weight excluding hydrogens is 333 g/mol. The first-order valence-electron chi connectivity index (χ1n) is 8.07. The zero-order chi connectivity index (χ0) is 18.1. The number of rotatable bonds is 4. The average molecular weight is 349 g/mol. The summed E-state index contributed by atoms with van der Waals surface area (Å²) in [6.45, 7) is 1.83. The molecule has 0 unspecified atom stereocenters. The third kappa shape index (κ3) is 2.75. The Morgan fingerprint density at radius 2 is 1.92 bits per heavy atom. The highest BCUT2D eigenvalue weighted by atomic mass is 19.1. The molecule has 0 saturated heterocycles. The monoisotopic (exact) mass is 349 g/mol. The normalized spacial score (nSPS) is 10.9. The van der Waals surface area contributed by atoms with Crippen molar-refractivity contribution in [3.8, 4) is 34.0 Å². The van der Waals surface area contributed by atoms with E-state index in [1.54, 1.807) is 36.3 Å². The highest BCUT2D eigenvalue weighted by molar-refractivity contribution is 5.80. The second kappa shape index (κ2) is 6.48. The van der Waals surface area contributed by atoms with Gasteiger partial charge in [0.25, 0.3) is 0 Å². The molecule has 0 bridgehead atoms. The van der Waals surface area contributed by atoms with Crippen LogP contribution in [0.3, 0.4) is 0 Å². The molecule has 0 fully saturated rings. The quantitative estimate of drug-likeness (QED) is 0.538. The molecule has 2 aromatic heterocycles. The Labute approximate surface area is 149 Å². The standard InChI is InChI=1S/C20H16FN3O2/c1-13-19(20(23-26-13)14-6-4-3-5-7-14)17-11-24(12-22-17)18-10-15(25-2)8-9-16(18)21/h3-12H,1-2H3. The van der Waals surface area contributed by atoms with Gasteiger partial charge in [-0.1, -0.05) is 35.5 Å². The summed E-state index contributed by atoms with van der Waals surface area (Å²) in [7, 11) is 1.54. The zero-order valence-corrected chi connectivity index (χ0v) is 14.3. The summed E-state index contributed by atoms with van der Waals surface area (Å²) >= 11 is 0. The number of benzene rings is 2. The van der Waals surface area contributed by atoms with Gasteiger partial charge in [0.15, 0.2) is 0 Å². The maximum absolute atomic E-state index is 14.2. The van der Waals surface area contributed by atoms with E-state index in [2.05, 4.69) is 10.1 Å². The van der Waals surface area contributed by atoms with Crippen molar-refractivity contribution in [1.29, 1.82) is 0 Å². The van der Waals surface area contributed by atoms with E-state index in [9.17, 15) is 4.39 Å². The lowest BCUT2D eigenvalue weighted by Crippen LogP contribution is -1.95. The summed E-state index contributed by atoms with van der Waals surface area (Å²) in [6, 6.07) is 14.3. The summed E-state index contributed by atoms with van der Waals surface area (Å²) in [5, 5.41) is 4.17. The number of imidazole rings is 1. The highest BCUT2D eigenvalue weighted by Crippen LogP contribution is 2.33. The SMILES string of the molecule is COc1ccc(F)c(-n2cnc(-c3c(-c4ccccc4)noc3C)c2)c1. The predicted molar refractivity (Wildman–Crippen MR) is 95.7 cm³/mol. The third-order valence-electron chi connectivity index (χ3n) is 4.18. The van der Waals surface area contributed by atoms with E-state index >= 15 is 0 Å². The fraction of sp³-hybridized carbons (Fsp3) is 0.100. The molecule has 130 valence electrons. The van der Waals surface area contributed by atoms with E-state index in [1.807, 2.05) is 37.3 Å². The van der Waals surface area contributed by atoms with E-state index in [-0.39, 0.29) is 5.82 Å². The summed E-state index contributed by atoms with van der Waals surface area (Å²) in [4.78, 5) is 4.43. The van der Waals surface area contributed by atoms with E-state index in [4.69, 9.17) is 9.26 Å². The van der Waals surface area contributed by atoms with Crippen molar-refractivity contribution >= 4 is 0 Å². The fourth-order valence-corrected chi connectivity index (χ4v) is 2.87. The van der Waals surface area contributed by atoms with Crippen LogP contribution in [0.15, 0.2) is 65.6 Å². The molecule has 2 heterocycles. The lowest BCUT2D eigenvalue weighted by Gasteiger charge is -2.06. The van der Waals surface area contributed by atoms with Crippen LogP contribution in [-0.2, 0) is 0 Å². The Morgan fingerprint density at radius 1 is 1.12 bits per heavy atom. The zero-order valence-electron chi connectivity index (χ0n) is 14.3. The van der Waals surface area contributed by atoms with E-state index < -0.39 is 0 Å². The number of methoxy groups -OCH3 is 1. The number of aryl methyl sites for hydroxylation is 1. The van der Waals surface area contributed by atoms with Gasteiger partial charge >= 0.3 is 0 Å². The van der Waals surface area contributed by atoms with Crippen molar-refractivity contribution in [3.63, 3.8) is 0 Å². The first-order chi connectivity index (χ1) is 12.7. The number of halogens is 1. The van der Waals surface area contributed by atoms with Crippen LogP contribution in [0.2, 0.25) is 0 Å². The van der Waals surface area contributed by atoms with Crippen molar-refractivity contribution in [2.24, 2.45) is 0 Å². The Hall–Kier alpha value is -3.41. The molecule has 0 atom stereocenters. The number of hydrogen-bond donors (Lipinski definition) is 0. The molecule has 0 aliphatic heterocycles. The molecule has 4 rings (SSSR count). The second-order valence-corrected chi connectivity index (χ2v) is 5.81. The van der Waals surface area contributed by atoms with Crippen molar-refractivity contribution in [2.45, 2.75) is 6.92 Å². The Balaban J connectivity index is 1.80. The van der Waals surface area contributed by atoms with Crippen LogP contribution in [0.25, 0.3) is 28.2 Å². The van der Waals surface area contributed by atoms with Gasteiger partial charge in [0.05, 0.1) is 24.1 Å². The number of hydrogen-bond acceptors (Lipinski definition) is 4. The Kier molecular flexibility index (Phi) is 4.01. The molecule has 0 spiro atoms. The molecule has 4 aromatic rings. The molecule has 0 N–H and O–H groups in total. The van der Waals surface area contributed by atoms with Crippen LogP contribution in [0.5, 0.6) is 5.75 Å². The van der Waals surface area contributed by atoms with E-state index in [1.165, 1.54) is 6.07 Å². The van der Waals surface area contributed by atoms with Crippen LogP contribution < -0.4 is 4.74 Å². The maximum Gasteiger partial charge on any atom is 0.147 e. The van der Waals surface area contributed by atoms with Crippen molar-refractivity contribution in [1.82, 2.24) is 14.7 Å². The topological polar surface area (TPSA) is 53.1 Å². The van der Waals surface area contributed by atoms with E-state index in [0.29, 0.717) is 28.6 Å². The molecule has 0 amide bonds. The number of aromatic nitrogens is 3. The molecule has 26 heavy (non-hydrogen) atoms.